The van der Waals surface area contributed by atoms with E-state index in [9.17, 15) is 9.90 Å². The lowest BCUT2D eigenvalue weighted by atomic mass is 10.3. The van der Waals surface area contributed by atoms with Crippen LogP contribution in [0.5, 0.6) is 23.0 Å². The number of hydrogen-bond acceptors (Lipinski definition) is 5. The van der Waals surface area contributed by atoms with E-state index < -0.39 is 6.09 Å². The Bertz CT molecular complexity index is 927. The van der Waals surface area contributed by atoms with Crippen molar-refractivity contribution >= 4 is 23.4 Å². The van der Waals surface area contributed by atoms with Crippen molar-refractivity contribution in [3.8, 4) is 23.0 Å². The van der Waals surface area contributed by atoms with Crippen molar-refractivity contribution in [2.45, 2.75) is 12.8 Å². The number of ether oxygens (including phenoxy) is 3. The predicted octanol–water partition coefficient (Wildman–Crippen LogP) is 5.89. The Morgan fingerprint density at radius 1 is 0.767 bits per heavy atom. The lowest BCUT2D eigenvalue weighted by molar-refractivity contribution is 0.215. The Morgan fingerprint density at radius 3 is 1.83 bits per heavy atom. The molecular formula is C23H22ClNO5. The fourth-order valence-corrected chi connectivity index (χ4v) is 2.64. The van der Waals surface area contributed by atoms with Crippen LogP contribution in [0.25, 0.3) is 0 Å². The first-order valence-corrected chi connectivity index (χ1v) is 9.85. The maximum Gasteiger partial charge on any atom is 0.417 e. The summed E-state index contributed by atoms with van der Waals surface area (Å²) in [6.07, 6.45) is 1.10. The first kappa shape index (κ1) is 21.3. The van der Waals surface area contributed by atoms with Gasteiger partial charge in [-0.2, -0.15) is 0 Å². The summed E-state index contributed by atoms with van der Waals surface area (Å²) in [4.78, 5) is 11.9. The highest BCUT2D eigenvalue weighted by molar-refractivity contribution is 6.30. The number of rotatable bonds is 9. The molecule has 0 heterocycles. The molecule has 6 nitrogen and oxygen atoms in total. The van der Waals surface area contributed by atoms with E-state index in [2.05, 4.69) is 5.32 Å². The standard InChI is InChI=1S/C23H22ClNO5/c24-17-3-9-22(10-4-17)30-23(27)25-18-5-11-20(12-6-18)28-15-1-2-16-29-21-13-7-19(26)8-14-21/h3-14,26H,1-2,15-16H2,(H,25,27). The number of phenolic OH excluding ortho intramolecular Hbond substituents is 1. The molecule has 7 heteroatoms. The molecule has 0 saturated carbocycles. The van der Waals surface area contributed by atoms with E-state index in [4.69, 9.17) is 25.8 Å². The molecule has 30 heavy (non-hydrogen) atoms. The molecule has 0 saturated heterocycles. The third kappa shape index (κ3) is 7.22. The number of benzene rings is 3. The molecule has 3 aromatic rings. The number of anilines is 1. The molecule has 0 aromatic heterocycles. The second-order valence-corrected chi connectivity index (χ2v) is 6.83. The molecule has 2 N–H and O–H groups in total. The molecule has 156 valence electrons. The van der Waals surface area contributed by atoms with Crippen LogP contribution >= 0.6 is 11.6 Å². The molecule has 0 fully saturated rings. The van der Waals surface area contributed by atoms with Crippen molar-refractivity contribution < 1.29 is 24.1 Å². The normalized spacial score (nSPS) is 10.3. The second-order valence-electron chi connectivity index (χ2n) is 6.39. The van der Waals surface area contributed by atoms with Gasteiger partial charge in [0.05, 0.1) is 13.2 Å². The van der Waals surface area contributed by atoms with Gasteiger partial charge in [0.2, 0.25) is 0 Å². The fourth-order valence-electron chi connectivity index (χ4n) is 2.51. The maximum atomic E-state index is 11.9. The zero-order chi connectivity index (χ0) is 21.2. The summed E-state index contributed by atoms with van der Waals surface area (Å²) >= 11 is 5.80. The SMILES string of the molecule is O=C(Nc1ccc(OCCCCOc2ccc(O)cc2)cc1)Oc1ccc(Cl)cc1. The van der Waals surface area contributed by atoms with E-state index in [1.807, 2.05) is 0 Å². The Labute approximate surface area is 180 Å². The summed E-state index contributed by atoms with van der Waals surface area (Å²) in [5.74, 6) is 2.07. The Hall–Kier alpha value is -3.38. The first-order chi connectivity index (χ1) is 14.6. The van der Waals surface area contributed by atoms with Crippen LogP contribution in [0.2, 0.25) is 5.02 Å². The number of halogens is 1. The first-order valence-electron chi connectivity index (χ1n) is 9.47. The van der Waals surface area contributed by atoms with Crippen molar-refractivity contribution in [3.05, 3.63) is 77.8 Å². The third-order valence-corrected chi connectivity index (χ3v) is 4.29. The van der Waals surface area contributed by atoms with Gasteiger partial charge in [0, 0.05) is 10.7 Å². The van der Waals surface area contributed by atoms with Crippen LogP contribution < -0.4 is 19.5 Å². The van der Waals surface area contributed by atoms with Gasteiger partial charge in [-0.1, -0.05) is 11.6 Å². The highest BCUT2D eigenvalue weighted by atomic mass is 35.5. The molecule has 3 rings (SSSR count). The number of aromatic hydroxyl groups is 1. The van der Waals surface area contributed by atoms with E-state index in [1.165, 1.54) is 0 Å². The molecule has 0 radical (unpaired) electrons. The molecule has 0 unspecified atom stereocenters. The minimum atomic E-state index is -0.584. The quantitative estimate of drug-likeness (QED) is 0.416. The van der Waals surface area contributed by atoms with Crippen LogP contribution in [0.15, 0.2) is 72.8 Å². The summed E-state index contributed by atoms with van der Waals surface area (Å²) in [7, 11) is 0. The van der Waals surface area contributed by atoms with Gasteiger partial charge in [-0.25, -0.2) is 4.79 Å². The monoisotopic (exact) mass is 427 g/mol. The van der Waals surface area contributed by atoms with E-state index in [-0.39, 0.29) is 5.75 Å². The van der Waals surface area contributed by atoms with E-state index in [0.29, 0.717) is 35.4 Å². The second kappa shape index (κ2) is 11.0. The lowest BCUT2D eigenvalue weighted by Gasteiger charge is -2.09. The molecule has 0 atom stereocenters. The van der Waals surface area contributed by atoms with Gasteiger partial charge in [0.15, 0.2) is 0 Å². The summed E-state index contributed by atoms with van der Waals surface area (Å²) in [5, 5.41) is 12.5. The summed E-state index contributed by atoms with van der Waals surface area (Å²) in [5.41, 5.74) is 0.601. The Kier molecular flexibility index (Phi) is 7.80. The average molecular weight is 428 g/mol. The number of unbranched alkanes of at least 4 members (excludes halogenated alkanes) is 1. The lowest BCUT2D eigenvalue weighted by Crippen LogP contribution is -2.16. The molecule has 1 amide bonds. The minimum absolute atomic E-state index is 0.218. The smallest absolute Gasteiger partial charge is 0.417 e. The fraction of sp³-hybridized carbons (Fsp3) is 0.174. The molecule has 0 aliphatic heterocycles. The largest absolute Gasteiger partial charge is 0.508 e. The molecule has 0 spiro atoms. The van der Waals surface area contributed by atoms with Crippen molar-refractivity contribution in [1.82, 2.24) is 0 Å². The summed E-state index contributed by atoms with van der Waals surface area (Å²) < 4.78 is 16.5. The maximum absolute atomic E-state index is 11.9. The van der Waals surface area contributed by atoms with Crippen LogP contribution in [-0.2, 0) is 0 Å². The van der Waals surface area contributed by atoms with Gasteiger partial charge in [-0.3, -0.25) is 5.32 Å². The Balaban J connectivity index is 1.32. The van der Waals surface area contributed by atoms with Crippen molar-refractivity contribution in [2.24, 2.45) is 0 Å². The topological polar surface area (TPSA) is 77.0 Å². The van der Waals surface area contributed by atoms with Crippen LogP contribution in [0.1, 0.15) is 12.8 Å². The summed E-state index contributed by atoms with van der Waals surface area (Å²) in [6, 6.07) is 20.2. The van der Waals surface area contributed by atoms with Gasteiger partial charge < -0.3 is 19.3 Å². The van der Waals surface area contributed by atoms with Crippen LogP contribution in [0.4, 0.5) is 10.5 Å². The highest BCUT2D eigenvalue weighted by Crippen LogP contribution is 2.19. The molecule has 3 aromatic carbocycles. The summed E-state index contributed by atoms with van der Waals surface area (Å²) in [6.45, 7) is 1.14. The predicted molar refractivity (Wildman–Crippen MR) is 116 cm³/mol. The van der Waals surface area contributed by atoms with Gasteiger partial charge >= 0.3 is 6.09 Å². The van der Waals surface area contributed by atoms with E-state index in [0.717, 1.165) is 18.6 Å². The number of carbonyl (C=O) groups is 1. The van der Waals surface area contributed by atoms with Crippen molar-refractivity contribution in [3.63, 3.8) is 0 Å². The van der Waals surface area contributed by atoms with Gasteiger partial charge in [0.1, 0.15) is 23.0 Å². The number of phenols is 1. The highest BCUT2D eigenvalue weighted by Gasteiger charge is 2.05. The van der Waals surface area contributed by atoms with Gasteiger partial charge in [-0.05, 0) is 85.6 Å². The third-order valence-electron chi connectivity index (χ3n) is 4.04. The molecule has 0 bridgehead atoms. The average Bonchev–Trinajstić information content (AvgIpc) is 2.75. The van der Waals surface area contributed by atoms with E-state index in [1.54, 1.807) is 72.8 Å². The number of amides is 1. The molecule has 0 aliphatic carbocycles. The van der Waals surface area contributed by atoms with Crippen LogP contribution in [0.3, 0.4) is 0 Å². The van der Waals surface area contributed by atoms with Gasteiger partial charge in [0.25, 0.3) is 0 Å². The minimum Gasteiger partial charge on any atom is -0.508 e. The number of hydrogen-bond donors (Lipinski definition) is 2. The number of nitrogens with one attached hydrogen (secondary N) is 1. The zero-order valence-corrected chi connectivity index (χ0v) is 17.0. The van der Waals surface area contributed by atoms with Crippen molar-refractivity contribution in [2.75, 3.05) is 18.5 Å². The van der Waals surface area contributed by atoms with Gasteiger partial charge in [-0.15, -0.1) is 0 Å². The number of carbonyl (C=O) groups excluding carboxylic acids is 1. The van der Waals surface area contributed by atoms with Crippen LogP contribution in [-0.4, -0.2) is 24.4 Å². The molecular weight excluding hydrogens is 406 g/mol. The van der Waals surface area contributed by atoms with E-state index >= 15 is 0 Å². The van der Waals surface area contributed by atoms with Crippen LogP contribution in [0, 0.1) is 0 Å². The zero-order valence-electron chi connectivity index (χ0n) is 16.2. The molecule has 0 aliphatic rings. The Morgan fingerprint density at radius 2 is 1.27 bits per heavy atom. The van der Waals surface area contributed by atoms with Crippen molar-refractivity contribution in [1.29, 1.82) is 0 Å².